The van der Waals surface area contributed by atoms with Crippen molar-refractivity contribution in [3.63, 3.8) is 0 Å². The van der Waals surface area contributed by atoms with Gasteiger partial charge in [0.1, 0.15) is 11.5 Å². The van der Waals surface area contributed by atoms with Gasteiger partial charge in [0.15, 0.2) is 0 Å². The minimum Gasteiger partial charge on any atom is -0.508 e. The minimum absolute atomic E-state index is 0.0177. The van der Waals surface area contributed by atoms with Crippen LogP contribution in [0.2, 0.25) is 10.0 Å². The predicted molar refractivity (Wildman–Crippen MR) is 107 cm³/mol. The van der Waals surface area contributed by atoms with Crippen molar-refractivity contribution in [3.05, 3.63) is 62.2 Å². The fraction of sp³-hybridized carbons (Fsp3) is 0.111. The van der Waals surface area contributed by atoms with Crippen LogP contribution in [0.5, 0.6) is 11.5 Å². The molecular weight excluding hydrogens is 393 g/mol. The van der Waals surface area contributed by atoms with Gasteiger partial charge in [0.2, 0.25) is 4.80 Å². The van der Waals surface area contributed by atoms with Gasteiger partial charge in [-0.25, -0.2) is 4.68 Å². The number of halogens is 2. The zero-order chi connectivity index (χ0) is 18.7. The first-order chi connectivity index (χ1) is 12.5. The smallest absolute Gasteiger partial charge is 0.206 e. The monoisotopic (exact) mass is 407 g/mol. The van der Waals surface area contributed by atoms with Crippen molar-refractivity contribution in [1.29, 1.82) is 0 Å². The molecule has 0 fully saturated rings. The Morgan fingerprint density at radius 1 is 1.15 bits per heavy atom. The lowest BCUT2D eigenvalue weighted by atomic mass is 10.2. The van der Waals surface area contributed by atoms with Crippen LogP contribution in [0.4, 0.5) is 0 Å². The van der Waals surface area contributed by atoms with Gasteiger partial charge >= 0.3 is 0 Å². The van der Waals surface area contributed by atoms with E-state index in [1.165, 1.54) is 29.7 Å². The number of hydrogen-bond acceptors (Lipinski definition) is 5. The zero-order valence-corrected chi connectivity index (χ0v) is 16.1. The number of benzene rings is 2. The number of hydrogen-bond donors (Lipinski definition) is 2. The van der Waals surface area contributed by atoms with Crippen LogP contribution in [-0.4, -0.2) is 27.6 Å². The lowest BCUT2D eigenvalue weighted by Gasteiger charge is -2.06. The molecule has 0 amide bonds. The van der Waals surface area contributed by atoms with E-state index in [2.05, 4.69) is 10.1 Å². The summed E-state index contributed by atoms with van der Waals surface area (Å²) in [5, 5.41) is 26.8. The highest BCUT2D eigenvalue weighted by Gasteiger charge is 2.12. The normalized spacial score (nSPS) is 12.2. The van der Waals surface area contributed by atoms with Crippen molar-refractivity contribution in [3.8, 4) is 22.8 Å². The van der Waals surface area contributed by atoms with E-state index in [4.69, 9.17) is 23.2 Å². The van der Waals surface area contributed by atoms with Crippen LogP contribution in [0, 0.1) is 0 Å². The first kappa shape index (κ1) is 18.5. The van der Waals surface area contributed by atoms with E-state index in [-0.39, 0.29) is 11.5 Å². The summed E-state index contributed by atoms with van der Waals surface area (Å²) in [5.41, 5.74) is 1.94. The average molecular weight is 408 g/mol. The Kier molecular flexibility index (Phi) is 5.66. The second-order valence-electron chi connectivity index (χ2n) is 5.30. The van der Waals surface area contributed by atoms with Crippen molar-refractivity contribution >= 4 is 40.8 Å². The molecule has 2 aromatic carbocycles. The largest absolute Gasteiger partial charge is 0.508 e. The third-order valence-electron chi connectivity index (χ3n) is 3.51. The highest BCUT2D eigenvalue weighted by Crippen LogP contribution is 2.31. The van der Waals surface area contributed by atoms with E-state index in [0.29, 0.717) is 27.0 Å². The van der Waals surface area contributed by atoms with Crippen LogP contribution in [0.1, 0.15) is 12.5 Å². The van der Waals surface area contributed by atoms with E-state index in [0.717, 1.165) is 11.3 Å². The van der Waals surface area contributed by atoms with E-state index in [1.807, 2.05) is 12.3 Å². The summed E-state index contributed by atoms with van der Waals surface area (Å²) in [6.07, 6.45) is 1.50. The quantitative estimate of drug-likeness (QED) is 0.613. The Bertz CT molecular complexity index is 1040. The zero-order valence-electron chi connectivity index (χ0n) is 13.7. The minimum atomic E-state index is -0.0686. The Morgan fingerprint density at radius 2 is 1.96 bits per heavy atom. The molecule has 0 unspecified atom stereocenters. The molecule has 0 aliphatic rings. The molecule has 2 N–H and O–H groups in total. The average Bonchev–Trinajstić information content (AvgIpc) is 2.99. The number of nitrogens with zero attached hydrogens (tertiary/aromatic N) is 3. The molecule has 0 bridgehead atoms. The molecule has 1 heterocycles. The Balaban J connectivity index is 2.13. The van der Waals surface area contributed by atoms with Gasteiger partial charge in [0, 0.05) is 34.1 Å². The molecule has 0 saturated carbocycles. The molecule has 3 aromatic rings. The van der Waals surface area contributed by atoms with Crippen molar-refractivity contribution in [2.45, 2.75) is 6.92 Å². The summed E-state index contributed by atoms with van der Waals surface area (Å²) in [4.78, 5) is 5.13. The van der Waals surface area contributed by atoms with Gasteiger partial charge in [-0.15, -0.1) is 11.3 Å². The number of aromatic nitrogens is 1. The maximum absolute atomic E-state index is 9.94. The molecule has 0 atom stereocenters. The maximum atomic E-state index is 9.94. The van der Waals surface area contributed by atoms with Crippen molar-refractivity contribution in [2.24, 2.45) is 10.1 Å². The van der Waals surface area contributed by atoms with E-state index >= 15 is 0 Å². The van der Waals surface area contributed by atoms with Gasteiger partial charge in [-0.1, -0.05) is 23.2 Å². The number of rotatable bonds is 4. The third kappa shape index (κ3) is 3.93. The maximum Gasteiger partial charge on any atom is 0.206 e. The van der Waals surface area contributed by atoms with E-state index in [1.54, 1.807) is 28.9 Å². The molecule has 26 heavy (non-hydrogen) atoms. The molecule has 134 valence electrons. The van der Waals surface area contributed by atoms with Gasteiger partial charge in [0.25, 0.3) is 0 Å². The molecule has 1 aromatic heterocycles. The van der Waals surface area contributed by atoms with Crippen LogP contribution >= 0.6 is 34.5 Å². The molecule has 0 aliphatic heterocycles. The van der Waals surface area contributed by atoms with Crippen LogP contribution in [0.3, 0.4) is 0 Å². The summed E-state index contributed by atoms with van der Waals surface area (Å²) in [7, 11) is 0. The fourth-order valence-corrected chi connectivity index (χ4v) is 3.57. The third-order valence-corrected chi connectivity index (χ3v) is 4.93. The van der Waals surface area contributed by atoms with Gasteiger partial charge in [-0.05, 0) is 37.3 Å². The van der Waals surface area contributed by atoms with Crippen LogP contribution in [0.15, 0.2) is 51.9 Å². The second kappa shape index (κ2) is 7.95. The van der Waals surface area contributed by atoms with Gasteiger partial charge < -0.3 is 10.2 Å². The van der Waals surface area contributed by atoms with Crippen molar-refractivity contribution in [2.75, 3.05) is 6.54 Å². The molecule has 5 nitrogen and oxygen atoms in total. The lowest BCUT2D eigenvalue weighted by Crippen LogP contribution is -2.12. The van der Waals surface area contributed by atoms with Gasteiger partial charge in [-0.2, -0.15) is 5.10 Å². The second-order valence-corrected chi connectivity index (χ2v) is 6.98. The van der Waals surface area contributed by atoms with Crippen molar-refractivity contribution < 1.29 is 10.2 Å². The first-order valence-electron chi connectivity index (χ1n) is 7.72. The highest BCUT2D eigenvalue weighted by molar-refractivity contribution is 7.07. The van der Waals surface area contributed by atoms with Crippen LogP contribution < -0.4 is 4.80 Å². The van der Waals surface area contributed by atoms with Crippen molar-refractivity contribution in [1.82, 2.24) is 4.68 Å². The van der Waals surface area contributed by atoms with Gasteiger partial charge in [-0.3, -0.25) is 4.99 Å². The summed E-state index contributed by atoms with van der Waals surface area (Å²) in [6.45, 7) is 2.54. The van der Waals surface area contributed by atoms with Crippen LogP contribution in [-0.2, 0) is 0 Å². The molecule has 0 spiro atoms. The molecule has 0 saturated heterocycles. The summed E-state index contributed by atoms with van der Waals surface area (Å²) in [6, 6.07) is 9.53. The predicted octanol–water partition coefficient (Wildman–Crippen LogP) is 4.74. The lowest BCUT2D eigenvalue weighted by molar-refractivity contribution is 0.450. The number of phenolic OH excluding ortho intramolecular Hbond substituents is 2. The van der Waals surface area contributed by atoms with E-state index < -0.39 is 0 Å². The van der Waals surface area contributed by atoms with Gasteiger partial charge in [0.05, 0.1) is 16.9 Å². The number of aromatic hydroxyl groups is 2. The molecule has 3 rings (SSSR count). The van der Waals surface area contributed by atoms with Crippen LogP contribution in [0.25, 0.3) is 11.3 Å². The number of thiazole rings is 1. The first-order valence-corrected chi connectivity index (χ1v) is 9.36. The summed E-state index contributed by atoms with van der Waals surface area (Å²) < 4.78 is 1.65. The fourth-order valence-electron chi connectivity index (χ4n) is 2.30. The topological polar surface area (TPSA) is 70.1 Å². The Labute approximate surface area is 164 Å². The Hall–Kier alpha value is -2.28. The molecule has 0 radical (unpaired) electrons. The SMILES string of the molecule is CCN=c1scc(-c2cc(Cl)ccc2Cl)n1N=Cc1ccc(O)cc1O. The summed E-state index contributed by atoms with van der Waals surface area (Å²) >= 11 is 13.9. The molecule has 8 heteroatoms. The molecular formula is C18H15Cl2N3O2S. The Morgan fingerprint density at radius 3 is 2.69 bits per heavy atom. The highest BCUT2D eigenvalue weighted by atomic mass is 35.5. The molecule has 0 aliphatic carbocycles. The standard InChI is InChI=1S/C18H15Cl2N3O2S/c1-2-21-18-23(22-9-11-3-5-13(24)8-17(11)25)16(10-26-18)14-7-12(19)4-6-15(14)20/h3-10,24-25H,2H2,1H3. The summed E-state index contributed by atoms with van der Waals surface area (Å²) in [5.74, 6) is -0.0863. The van der Waals surface area contributed by atoms with E-state index in [9.17, 15) is 10.2 Å². The number of phenols is 2.